The Kier molecular flexibility index (Phi) is 2.00. The van der Waals surface area contributed by atoms with E-state index in [4.69, 9.17) is 0 Å². The van der Waals surface area contributed by atoms with Crippen molar-refractivity contribution in [1.82, 2.24) is 0 Å². The second-order valence-electron chi connectivity index (χ2n) is 3.30. The lowest BCUT2D eigenvalue weighted by Gasteiger charge is -2.15. The summed E-state index contributed by atoms with van der Waals surface area (Å²) in [5, 5.41) is 9.42. The average Bonchev–Trinajstić information content (AvgIpc) is 2.47. The number of carbonyl (C=O) groups excluding carboxylic acids is 1. The van der Waals surface area contributed by atoms with E-state index in [0.717, 1.165) is 5.69 Å². The lowest BCUT2D eigenvalue weighted by Crippen LogP contribution is -2.26. The van der Waals surface area contributed by atoms with Gasteiger partial charge in [0.25, 0.3) is 5.91 Å². The molecule has 0 saturated heterocycles. The van der Waals surface area contributed by atoms with Gasteiger partial charge < -0.3 is 10.0 Å². The van der Waals surface area contributed by atoms with Gasteiger partial charge in [0.1, 0.15) is 5.76 Å². The zero-order chi connectivity index (χ0) is 10.1. The largest absolute Gasteiger partial charge is 0.510 e. The van der Waals surface area contributed by atoms with Crippen molar-refractivity contribution in [2.75, 3.05) is 11.4 Å². The fourth-order valence-corrected chi connectivity index (χ4v) is 1.48. The average molecular weight is 189 g/mol. The summed E-state index contributed by atoms with van der Waals surface area (Å²) in [5.74, 6) is 0.0487. The number of para-hydroxylation sites is 1. The SMILES string of the molecule is CC1=C(O)CN(c2ccccc2)C1=O. The molecule has 1 aromatic carbocycles. The third-order valence-corrected chi connectivity index (χ3v) is 2.37. The van der Waals surface area contributed by atoms with Crippen LogP contribution in [0.4, 0.5) is 5.69 Å². The van der Waals surface area contributed by atoms with E-state index in [1.54, 1.807) is 11.8 Å². The number of aliphatic hydroxyl groups is 1. The minimum Gasteiger partial charge on any atom is -0.510 e. The van der Waals surface area contributed by atoms with Crippen molar-refractivity contribution < 1.29 is 9.90 Å². The van der Waals surface area contributed by atoms with Crippen LogP contribution in [0.15, 0.2) is 41.7 Å². The highest BCUT2D eigenvalue weighted by Crippen LogP contribution is 2.23. The molecular formula is C11H11NO2. The van der Waals surface area contributed by atoms with E-state index in [0.29, 0.717) is 5.57 Å². The molecule has 1 heterocycles. The van der Waals surface area contributed by atoms with Crippen LogP contribution in [0.1, 0.15) is 6.92 Å². The van der Waals surface area contributed by atoms with Crippen molar-refractivity contribution in [3.05, 3.63) is 41.7 Å². The molecule has 2 rings (SSSR count). The van der Waals surface area contributed by atoms with Gasteiger partial charge >= 0.3 is 0 Å². The number of carbonyl (C=O) groups is 1. The van der Waals surface area contributed by atoms with Crippen molar-refractivity contribution in [3.63, 3.8) is 0 Å². The van der Waals surface area contributed by atoms with Gasteiger partial charge in [0.05, 0.1) is 12.1 Å². The fraction of sp³-hybridized carbons (Fsp3) is 0.182. The van der Waals surface area contributed by atoms with Gasteiger partial charge in [0, 0.05) is 5.69 Å². The van der Waals surface area contributed by atoms with Crippen LogP contribution >= 0.6 is 0 Å². The first-order valence-corrected chi connectivity index (χ1v) is 4.46. The maximum Gasteiger partial charge on any atom is 0.257 e. The first-order chi connectivity index (χ1) is 6.70. The van der Waals surface area contributed by atoms with Crippen LogP contribution in [-0.2, 0) is 4.79 Å². The van der Waals surface area contributed by atoms with Gasteiger partial charge in [-0.25, -0.2) is 0 Å². The Bertz CT molecular complexity index is 395. The Labute approximate surface area is 82.3 Å². The number of nitrogens with zero attached hydrogens (tertiary/aromatic N) is 1. The van der Waals surface area contributed by atoms with Crippen molar-refractivity contribution in [2.45, 2.75) is 6.92 Å². The molecule has 0 bridgehead atoms. The lowest BCUT2D eigenvalue weighted by atomic mass is 10.3. The maximum atomic E-state index is 11.6. The van der Waals surface area contributed by atoms with E-state index in [9.17, 15) is 9.90 Å². The number of anilines is 1. The van der Waals surface area contributed by atoms with Gasteiger partial charge in [-0.05, 0) is 19.1 Å². The molecule has 3 nitrogen and oxygen atoms in total. The topological polar surface area (TPSA) is 40.5 Å². The standard InChI is InChI=1S/C11H11NO2/c1-8-10(13)7-12(11(8)14)9-5-3-2-4-6-9/h2-6,13H,7H2,1H3. The van der Waals surface area contributed by atoms with Crippen molar-refractivity contribution in [1.29, 1.82) is 0 Å². The molecule has 1 aliphatic heterocycles. The quantitative estimate of drug-likeness (QED) is 0.732. The highest BCUT2D eigenvalue weighted by molar-refractivity contribution is 6.08. The summed E-state index contributed by atoms with van der Waals surface area (Å²) >= 11 is 0. The molecule has 72 valence electrons. The normalized spacial score (nSPS) is 16.6. The number of hydrogen-bond acceptors (Lipinski definition) is 2. The molecule has 0 saturated carbocycles. The minimum absolute atomic E-state index is 0.117. The van der Waals surface area contributed by atoms with Gasteiger partial charge in [-0.3, -0.25) is 4.79 Å². The van der Waals surface area contributed by atoms with Crippen LogP contribution in [0.3, 0.4) is 0 Å². The van der Waals surface area contributed by atoms with E-state index in [-0.39, 0.29) is 18.2 Å². The van der Waals surface area contributed by atoms with Crippen LogP contribution < -0.4 is 4.90 Å². The Morgan fingerprint density at radius 3 is 2.43 bits per heavy atom. The number of hydrogen-bond donors (Lipinski definition) is 1. The first-order valence-electron chi connectivity index (χ1n) is 4.46. The monoisotopic (exact) mass is 189 g/mol. The summed E-state index contributed by atoms with van der Waals surface area (Å²) in [5.41, 5.74) is 1.26. The number of amides is 1. The fourth-order valence-electron chi connectivity index (χ4n) is 1.48. The maximum absolute atomic E-state index is 11.6. The van der Waals surface area contributed by atoms with Gasteiger partial charge in [-0.15, -0.1) is 0 Å². The van der Waals surface area contributed by atoms with Crippen LogP contribution in [0.5, 0.6) is 0 Å². The van der Waals surface area contributed by atoms with Gasteiger partial charge in [0.15, 0.2) is 0 Å². The molecule has 1 aliphatic rings. The van der Waals surface area contributed by atoms with Crippen molar-refractivity contribution >= 4 is 11.6 Å². The summed E-state index contributed by atoms with van der Waals surface area (Å²) in [6, 6.07) is 9.33. The first kappa shape index (κ1) is 8.81. The highest BCUT2D eigenvalue weighted by Gasteiger charge is 2.27. The molecular weight excluding hydrogens is 178 g/mol. The van der Waals surface area contributed by atoms with Gasteiger partial charge in [-0.2, -0.15) is 0 Å². The summed E-state index contributed by atoms with van der Waals surface area (Å²) in [4.78, 5) is 13.2. The van der Waals surface area contributed by atoms with Gasteiger partial charge in [-0.1, -0.05) is 18.2 Å². The van der Waals surface area contributed by atoms with E-state index in [1.165, 1.54) is 0 Å². The highest BCUT2D eigenvalue weighted by atomic mass is 16.3. The molecule has 1 aromatic rings. The molecule has 0 aliphatic carbocycles. The second kappa shape index (κ2) is 3.18. The number of benzene rings is 1. The van der Waals surface area contributed by atoms with Crippen LogP contribution in [-0.4, -0.2) is 17.6 Å². The summed E-state index contributed by atoms with van der Waals surface area (Å²) < 4.78 is 0. The Morgan fingerprint density at radius 2 is 1.93 bits per heavy atom. The molecule has 0 spiro atoms. The van der Waals surface area contributed by atoms with E-state index < -0.39 is 0 Å². The summed E-state index contributed by atoms with van der Waals surface area (Å²) in [6.45, 7) is 1.93. The molecule has 0 aromatic heterocycles. The Morgan fingerprint density at radius 1 is 1.29 bits per heavy atom. The predicted molar refractivity (Wildman–Crippen MR) is 54.1 cm³/mol. The van der Waals surface area contributed by atoms with E-state index in [2.05, 4.69) is 0 Å². The summed E-state index contributed by atoms with van der Waals surface area (Å²) in [7, 11) is 0. The van der Waals surface area contributed by atoms with Crippen LogP contribution in [0, 0.1) is 0 Å². The molecule has 0 fully saturated rings. The zero-order valence-electron chi connectivity index (χ0n) is 7.90. The van der Waals surface area contributed by atoms with Crippen molar-refractivity contribution in [3.8, 4) is 0 Å². The molecule has 0 radical (unpaired) electrons. The number of aliphatic hydroxyl groups excluding tert-OH is 1. The third-order valence-electron chi connectivity index (χ3n) is 2.37. The second-order valence-corrected chi connectivity index (χ2v) is 3.30. The Balaban J connectivity index is 2.30. The summed E-state index contributed by atoms with van der Waals surface area (Å²) in [6.07, 6.45) is 0. The van der Waals surface area contributed by atoms with Crippen LogP contribution in [0.25, 0.3) is 0 Å². The van der Waals surface area contributed by atoms with Crippen LogP contribution in [0.2, 0.25) is 0 Å². The molecule has 0 unspecified atom stereocenters. The van der Waals surface area contributed by atoms with Gasteiger partial charge in [0.2, 0.25) is 0 Å². The Hall–Kier alpha value is -1.77. The molecule has 1 amide bonds. The van der Waals surface area contributed by atoms with Crippen molar-refractivity contribution in [2.24, 2.45) is 0 Å². The van der Waals surface area contributed by atoms with E-state index >= 15 is 0 Å². The number of rotatable bonds is 1. The molecule has 0 atom stereocenters. The lowest BCUT2D eigenvalue weighted by molar-refractivity contribution is -0.114. The van der Waals surface area contributed by atoms with E-state index in [1.807, 2.05) is 30.3 Å². The molecule has 3 heteroatoms. The minimum atomic E-state index is -0.117. The molecule has 1 N–H and O–H groups in total. The molecule has 14 heavy (non-hydrogen) atoms. The third kappa shape index (κ3) is 1.27. The zero-order valence-corrected chi connectivity index (χ0v) is 7.90. The smallest absolute Gasteiger partial charge is 0.257 e. The predicted octanol–water partition coefficient (Wildman–Crippen LogP) is 1.87.